The van der Waals surface area contributed by atoms with Crippen LogP contribution >= 0.6 is 11.6 Å². The summed E-state index contributed by atoms with van der Waals surface area (Å²) in [5.41, 5.74) is 0.321. The van der Waals surface area contributed by atoms with E-state index < -0.39 is 5.97 Å². The van der Waals surface area contributed by atoms with Crippen molar-refractivity contribution in [3.05, 3.63) is 34.3 Å². The molecular formula is C7H6ClNO3. The molecule has 0 aromatic carbocycles. The number of carboxylic acid groups (broad SMARTS) is 1. The van der Waals surface area contributed by atoms with Gasteiger partial charge in [0.05, 0.1) is 6.42 Å². The zero-order valence-corrected chi connectivity index (χ0v) is 6.78. The predicted molar refractivity (Wildman–Crippen MR) is 41.8 cm³/mol. The molecule has 0 bridgehead atoms. The smallest absolute Gasteiger partial charge is 0.308 e. The van der Waals surface area contributed by atoms with Crippen LogP contribution in [0.25, 0.3) is 0 Å². The lowest BCUT2D eigenvalue weighted by atomic mass is 10.2. The molecular weight excluding hydrogens is 182 g/mol. The van der Waals surface area contributed by atoms with Gasteiger partial charge in [-0.3, -0.25) is 4.79 Å². The molecule has 5 heteroatoms. The Labute approximate surface area is 73.6 Å². The number of aromatic nitrogens is 1. The normalized spacial score (nSPS) is 9.75. The number of rotatable bonds is 2. The summed E-state index contributed by atoms with van der Waals surface area (Å²) in [6, 6.07) is 2.96. The molecule has 1 rings (SSSR count). The molecule has 1 N–H and O–H groups in total. The lowest BCUT2D eigenvalue weighted by Gasteiger charge is -2.01. The first-order valence-electron chi connectivity index (χ1n) is 3.19. The first kappa shape index (κ1) is 8.80. The second kappa shape index (κ2) is 3.40. The first-order chi connectivity index (χ1) is 5.61. The monoisotopic (exact) mass is 187 g/mol. The quantitative estimate of drug-likeness (QED) is 0.419. The Morgan fingerprint density at radius 2 is 2.42 bits per heavy atom. The summed E-state index contributed by atoms with van der Waals surface area (Å²) in [6.07, 6.45) is 0.982. The van der Waals surface area contributed by atoms with Crippen molar-refractivity contribution in [2.45, 2.75) is 6.42 Å². The van der Waals surface area contributed by atoms with Crippen LogP contribution in [0.4, 0.5) is 0 Å². The standard InChI is InChI=1S/C7H6ClNO3/c8-7-5(4-6(10)11)2-1-3-9(7)12/h1-3H,4H2,(H,10,11). The van der Waals surface area contributed by atoms with E-state index in [4.69, 9.17) is 16.7 Å². The van der Waals surface area contributed by atoms with Gasteiger partial charge in [0, 0.05) is 11.6 Å². The van der Waals surface area contributed by atoms with Gasteiger partial charge in [0.2, 0.25) is 0 Å². The van der Waals surface area contributed by atoms with Crippen LogP contribution in [-0.2, 0) is 11.2 Å². The highest BCUT2D eigenvalue weighted by Gasteiger charge is 2.11. The van der Waals surface area contributed by atoms with Gasteiger partial charge in [-0.1, -0.05) is 0 Å². The summed E-state index contributed by atoms with van der Waals surface area (Å²) in [5, 5.41) is 19.1. The Balaban J connectivity index is 3.00. The number of pyridine rings is 1. The summed E-state index contributed by atoms with van der Waals surface area (Å²) in [6.45, 7) is 0. The number of aliphatic carboxylic acids is 1. The molecule has 0 saturated heterocycles. The largest absolute Gasteiger partial charge is 0.618 e. The third kappa shape index (κ3) is 1.85. The Morgan fingerprint density at radius 1 is 1.75 bits per heavy atom. The average Bonchev–Trinajstić information content (AvgIpc) is 1.98. The molecule has 0 fully saturated rings. The Bertz CT molecular complexity index is 314. The van der Waals surface area contributed by atoms with Crippen molar-refractivity contribution in [2.75, 3.05) is 0 Å². The van der Waals surface area contributed by atoms with Crippen molar-refractivity contribution in [1.29, 1.82) is 0 Å². The van der Waals surface area contributed by atoms with Crippen molar-refractivity contribution in [3.63, 3.8) is 0 Å². The molecule has 1 heterocycles. The summed E-state index contributed by atoms with van der Waals surface area (Å²) >= 11 is 5.52. The lowest BCUT2D eigenvalue weighted by Crippen LogP contribution is -2.28. The minimum Gasteiger partial charge on any atom is -0.618 e. The maximum absolute atomic E-state index is 10.8. The van der Waals surface area contributed by atoms with Crippen LogP contribution in [0, 0.1) is 5.21 Å². The number of carboxylic acids is 1. The van der Waals surface area contributed by atoms with Crippen LogP contribution < -0.4 is 4.73 Å². The third-order valence-electron chi connectivity index (χ3n) is 1.32. The fourth-order valence-electron chi connectivity index (χ4n) is 0.808. The van der Waals surface area contributed by atoms with Crippen molar-refractivity contribution in [2.24, 2.45) is 0 Å². The number of hydrogen-bond acceptors (Lipinski definition) is 2. The molecule has 0 unspecified atom stereocenters. The maximum Gasteiger partial charge on any atom is 0.308 e. The number of halogens is 1. The minimum atomic E-state index is -1.01. The highest BCUT2D eigenvalue weighted by molar-refractivity contribution is 6.29. The second-order valence-corrected chi connectivity index (χ2v) is 2.58. The summed E-state index contributed by atoms with van der Waals surface area (Å²) < 4.78 is 0.430. The van der Waals surface area contributed by atoms with E-state index in [1.165, 1.54) is 18.3 Å². The van der Waals surface area contributed by atoms with E-state index in [0.29, 0.717) is 10.3 Å². The molecule has 0 aliphatic heterocycles. The average molecular weight is 188 g/mol. The Hall–Kier alpha value is -1.29. The molecule has 1 aromatic rings. The van der Waals surface area contributed by atoms with Gasteiger partial charge in [-0.2, -0.15) is 4.73 Å². The van der Waals surface area contributed by atoms with Crippen LogP contribution in [0.5, 0.6) is 0 Å². The second-order valence-electron chi connectivity index (χ2n) is 2.22. The van der Waals surface area contributed by atoms with E-state index in [9.17, 15) is 10.0 Å². The van der Waals surface area contributed by atoms with Gasteiger partial charge < -0.3 is 10.3 Å². The van der Waals surface area contributed by atoms with E-state index in [2.05, 4.69) is 0 Å². The Morgan fingerprint density at radius 3 is 3.00 bits per heavy atom. The van der Waals surface area contributed by atoms with Crippen molar-refractivity contribution >= 4 is 17.6 Å². The Kier molecular flexibility index (Phi) is 2.50. The molecule has 0 aliphatic carbocycles. The van der Waals surface area contributed by atoms with Crippen molar-refractivity contribution in [1.82, 2.24) is 0 Å². The van der Waals surface area contributed by atoms with Gasteiger partial charge >= 0.3 is 5.97 Å². The fourth-order valence-corrected chi connectivity index (χ4v) is 0.994. The molecule has 0 amide bonds. The van der Waals surface area contributed by atoms with E-state index in [0.717, 1.165) is 0 Å². The maximum atomic E-state index is 10.8. The van der Waals surface area contributed by atoms with Crippen molar-refractivity contribution in [3.8, 4) is 0 Å². The van der Waals surface area contributed by atoms with Gasteiger partial charge in [0.15, 0.2) is 6.20 Å². The first-order valence-corrected chi connectivity index (χ1v) is 3.57. The fraction of sp³-hybridized carbons (Fsp3) is 0.143. The van der Waals surface area contributed by atoms with Gasteiger partial charge in [0.25, 0.3) is 5.15 Å². The molecule has 0 saturated carbocycles. The topological polar surface area (TPSA) is 64.2 Å². The summed E-state index contributed by atoms with van der Waals surface area (Å²) in [5.74, 6) is -1.01. The molecule has 64 valence electrons. The van der Waals surface area contributed by atoms with Crippen LogP contribution in [0.3, 0.4) is 0 Å². The van der Waals surface area contributed by atoms with Gasteiger partial charge in [-0.25, -0.2) is 0 Å². The summed E-state index contributed by atoms with van der Waals surface area (Å²) in [4.78, 5) is 10.3. The molecule has 0 spiro atoms. The van der Waals surface area contributed by atoms with Crippen LogP contribution in [0.15, 0.2) is 18.3 Å². The van der Waals surface area contributed by atoms with Crippen LogP contribution in [-0.4, -0.2) is 11.1 Å². The zero-order valence-electron chi connectivity index (χ0n) is 6.03. The molecule has 4 nitrogen and oxygen atoms in total. The van der Waals surface area contributed by atoms with E-state index in [1.807, 2.05) is 0 Å². The minimum absolute atomic E-state index is 0.0834. The molecule has 0 atom stereocenters. The van der Waals surface area contributed by atoms with E-state index in [-0.39, 0.29) is 11.6 Å². The molecule has 0 aliphatic rings. The van der Waals surface area contributed by atoms with Gasteiger partial charge in [0.1, 0.15) is 0 Å². The van der Waals surface area contributed by atoms with Gasteiger partial charge in [-0.15, -0.1) is 0 Å². The number of hydrogen-bond donors (Lipinski definition) is 1. The third-order valence-corrected chi connectivity index (χ3v) is 1.73. The van der Waals surface area contributed by atoms with E-state index >= 15 is 0 Å². The van der Waals surface area contributed by atoms with Gasteiger partial charge in [-0.05, 0) is 17.7 Å². The van der Waals surface area contributed by atoms with Crippen molar-refractivity contribution < 1.29 is 14.6 Å². The highest BCUT2D eigenvalue weighted by Crippen LogP contribution is 2.09. The van der Waals surface area contributed by atoms with Crippen LogP contribution in [0.2, 0.25) is 5.15 Å². The SMILES string of the molecule is O=C(O)Cc1ccc[n+]([O-])c1Cl. The summed E-state index contributed by atoms with van der Waals surface area (Å²) in [7, 11) is 0. The molecule has 0 radical (unpaired) electrons. The number of carbonyl (C=O) groups is 1. The lowest BCUT2D eigenvalue weighted by molar-refractivity contribution is -0.603. The number of nitrogens with zero attached hydrogens (tertiary/aromatic N) is 1. The molecule has 1 aromatic heterocycles. The highest BCUT2D eigenvalue weighted by atomic mass is 35.5. The molecule has 12 heavy (non-hydrogen) atoms. The van der Waals surface area contributed by atoms with E-state index in [1.54, 1.807) is 0 Å². The zero-order chi connectivity index (χ0) is 9.14. The van der Waals surface area contributed by atoms with Crippen LogP contribution in [0.1, 0.15) is 5.56 Å². The predicted octanol–water partition coefficient (Wildman–Crippen LogP) is 0.601.